The van der Waals surface area contributed by atoms with Crippen LogP contribution in [0.25, 0.3) is 6.08 Å². The zero-order valence-corrected chi connectivity index (χ0v) is 19.9. The van der Waals surface area contributed by atoms with Crippen LogP contribution in [0.5, 0.6) is 0 Å². The van der Waals surface area contributed by atoms with Gasteiger partial charge in [-0.3, -0.25) is 14.4 Å². The number of likely N-dealkylation sites (N-methyl/N-ethyl adjacent to an activating group) is 1. The molecule has 1 saturated carbocycles. The van der Waals surface area contributed by atoms with Gasteiger partial charge in [0.1, 0.15) is 11.2 Å². The molecule has 0 bridgehead atoms. The average Bonchev–Trinajstić information content (AvgIpc) is 2.83. The maximum Gasteiger partial charge on any atom is 0.355 e. The Balaban J connectivity index is 1.81. The van der Waals surface area contributed by atoms with Crippen molar-refractivity contribution in [1.82, 2.24) is 10.2 Å². The van der Waals surface area contributed by atoms with Gasteiger partial charge in [-0.2, -0.15) is 0 Å². The first-order valence-corrected chi connectivity index (χ1v) is 11.4. The predicted molar refractivity (Wildman–Crippen MR) is 129 cm³/mol. The Kier molecular flexibility index (Phi) is 8.23. The molecular weight excluding hydrogens is 456 g/mol. The van der Waals surface area contributed by atoms with Crippen LogP contribution in [-0.2, 0) is 29.5 Å². The summed E-state index contributed by atoms with van der Waals surface area (Å²) < 4.78 is 5.24. The molecule has 0 aromatic heterocycles. The second-order valence-electron chi connectivity index (χ2n) is 8.15. The fourth-order valence-corrected chi connectivity index (χ4v) is 4.49. The molecule has 34 heavy (non-hydrogen) atoms. The molecule has 0 saturated heterocycles. The molecule has 2 aromatic rings. The molecule has 3 rings (SSSR count). The van der Waals surface area contributed by atoms with Crippen LogP contribution >= 0.6 is 11.6 Å². The van der Waals surface area contributed by atoms with E-state index in [1.54, 1.807) is 48.5 Å². The molecule has 1 N–H and O–H groups in total. The Morgan fingerprint density at radius 1 is 1.09 bits per heavy atom. The van der Waals surface area contributed by atoms with Gasteiger partial charge in [-0.15, -0.1) is 0 Å². The van der Waals surface area contributed by atoms with E-state index in [0.717, 1.165) is 12.8 Å². The third-order valence-electron chi connectivity index (χ3n) is 5.89. The molecule has 0 heterocycles. The zero-order valence-electron chi connectivity index (χ0n) is 19.2. The van der Waals surface area contributed by atoms with Crippen LogP contribution in [0.15, 0.2) is 60.3 Å². The first-order chi connectivity index (χ1) is 16.3. The van der Waals surface area contributed by atoms with E-state index in [2.05, 4.69) is 5.32 Å². The van der Waals surface area contributed by atoms with Gasteiger partial charge in [-0.25, -0.2) is 4.79 Å². The quantitative estimate of drug-likeness (QED) is 0.478. The normalized spacial score (nSPS) is 18.2. The highest BCUT2D eigenvalue weighted by molar-refractivity contribution is 6.31. The van der Waals surface area contributed by atoms with Crippen molar-refractivity contribution in [2.45, 2.75) is 38.1 Å². The molecule has 8 heteroatoms. The summed E-state index contributed by atoms with van der Waals surface area (Å²) in [5.74, 6) is -1.96. The van der Waals surface area contributed by atoms with E-state index in [-0.39, 0.29) is 11.5 Å². The molecule has 0 radical (unpaired) electrons. The van der Waals surface area contributed by atoms with E-state index in [1.807, 2.05) is 6.07 Å². The summed E-state index contributed by atoms with van der Waals surface area (Å²) in [5, 5.41) is 2.84. The molecule has 0 spiro atoms. The van der Waals surface area contributed by atoms with Gasteiger partial charge >= 0.3 is 5.97 Å². The highest BCUT2D eigenvalue weighted by atomic mass is 35.5. The lowest BCUT2D eigenvalue weighted by Crippen LogP contribution is -2.55. The Morgan fingerprint density at radius 3 is 2.41 bits per heavy atom. The second kappa shape index (κ2) is 11.1. The van der Waals surface area contributed by atoms with Crippen molar-refractivity contribution in [3.8, 4) is 0 Å². The number of ketones is 1. The maximum absolute atomic E-state index is 13.2. The summed E-state index contributed by atoms with van der Waals surface area (Å²) in [7, 11) is 1.53. The lowest BCUT2D eigenvalue weighted by atomic mass is 9.74. The number of rotatable bonds is 7. The topological polar surface area (TPSA) is 92.8 Å². The number of nitrogens with zero attached hydrogens (tertiary/aromatic N) is 1. The van der Waals surface area contributed by atoms with E-state index < -0.39 is 29.9 Å². The molecule has 2 aromatic carbocycles. The minimum Gasteiger partial charge on any atom is -0.451 e. The van der Waals surface area contributed by atoms with Crippen LogP contribution in [0.4, 0.5) is 0 Å². The second-order valence-corrected chi connectivity index (χ2v) is 8.56. The molecule has 7 nitrogen and oxygen atoms in total. The van der Waals surface area contributed by atoms with Crippen LogP contribution in [-0.4, -0.2) is 42.1 Å². The first-order valence-electron chi connectivity index (χ1n) is 11.0. The van der Waals surface area contributed by atoms with Crippen molar-refractivity contribution in [2.75, 3.05) is 13.7 Å². The van der Waals surface area contributed by atoms with Crippen molar-refractivity contribution >= 4 is 41.2 Å². The number of halogens is 1. The minimum absolute atomic E-state index is 0.0938. The van der Waals surface area contributed by atoms with Crippen LogP contribution in [0.2, 0.25) is 5.02 Å². The van der Waals surface area contributed by atoms with Gasteiger partial charge in [0.25, 0.3) is 5.91 Å². The third-order valence-corrected chi connectivity index (χ3v) is 6.22. The van der Waals surface area contributed by atoms with Gasteiger partial charge in [-0.05, 0) is 37.0 Å². The average molecular weight is 483 g/mol. The number of ether oxygens (including phenoxy) is 1. The van der Waals surface area contributed by atoms with Gasteiger partial charge in [0.05, 0.1) is 0 Å². The van der Waals surface area contributed by atoms with E-state index in [9.17, 15) is 19.2 Å². The smallest absolute Gasteiger partial charge is 0.355 e. The Morgan fingerprint density at radius 2 is 1.76 bits per heavy atom. The van der Waals surface area contributed by atoms with Crippen molar-refractivity contribution < 1.29 is 23.9 Å². The number of carbonyl (C=O) groups excluding carboxylic acids is 4. The highest BCUT2D eigenvalue weighted by Crippen LogP contribution is 2.42. The van der Waals surface area contributed by atoms with Crippen molar-refractivity contribution in [2.24, 2.45) is 0 Å². The molecule has 178 valence electrons. The number of nitrogens with one attached hydrogen (secondary N) is 1. The van der Waals surface area contributed by atoms with Crippen LogP contribution in [0, 0.1) is 0 Å². The standard InChI is InChI=1S/C26H27ClN2O5/c1-18(30)28-22(16-19-10-4-3-5-11-19)25(33)34-17-24(32)29(2)26(15-9-8-14-23(26)31)20-12-6-7-13-21(20)27/h3-7,10-13,16H,8-9,14-15,17H2,1-2H3,(H,28,30)/b22-16+/t26-/m0/s1. The zero-order chi connectivity index (χ0) is 24.7. The van der Waals surface area contributed by atoms with E-state index >= 15 is 0 Å². The number of amides is 2. The summed E-state index contributed by atoms with van der Waals surface area (Å²) in [6.45, 7) is 0.674. The lowest BCUT2D eigenvalue weighted by Gasteiger charge is -2.43. The largest absolute Gasteiger partial charge is 0.451 e. The number of hydrogen-bond donors (Lipinski definition) is 1. The van der Waals surface area contributed by atoms with Gasteiger partial charge in [0, 0.05) is 31.0 Å². The van der Waals surface area contributed by atoms with E-state index in [0.29, 0.717) is 29.0 Å². The fraction of sp³-hybridized carbons (Fsp3) is 0.308. The van der Waals surface area contributed by atoms with Crippen LogP contribution < -0.4 is 5.32 Å². The molecule has 1 aliphatic rings. The van der Waals surface area contributed by atoms with E-state index in [4.69, 9.17) is 16.3 Å². The predicted octanol–water partition coefficient (Wildman–Crippen LogP) is 3.86. The molecule has 0 aliphatic heterocycles. The first kappa shape index (κ1) is 25.2. The Bertz CT molecular complexity index is 1120. The monoisotopic (exact) mass is 482 g/mol. The van der Waals surface area contributed by atoms with E-state index in [1.165, 1.54) is 24.9 Å². The summed E-state index contributed by atoms with van der Waals surface area (Å²) >= 11 is 6.43. The molecule has 1 fully saturated rings. The number of Topliss-reactive ketones (excluding diaryl/α,β-unsaturated/α-hetero) is 1. The molecular formula is C26H27ClN2O5. The summed E-state index contributed by atoms with van der Waals surface area (Å²) in [6, 6.07) is 15.9. The molecule has 0 unspecified atom stereocenters. The Hall–Kier alpha value is -3.45. The van der Waals surface area contributed by atoms with Gasteiger partial charge < -0.3 is 15.0 Å². The van der Waals surface area contributed by atoms with Crippen molar-refractivity contribution in [1.29, 1.82) is 0 Å². The van der Waals surface area contributed by atoms with Gasteiger partial charge in [-0.1, -0.05) is 60.1 Å². The molecule has 2 amide bonds. The summed E-state index contributed by atoms with van der Waals surface area (Å²) in [4.78, 5) is 51.9. The van der Waals surface area contributed by atoms with Crippen molar-refractivity contribution in [3.05, 3.63) is 76.4 Å². The summed E-state index contributed by atoms with van der Waals surface area (Å²) in [5.41, 5.74) is -0.0762. The van der Waals surface area contributed by atoms with Gasteiger partial charge in [0.15, 0.2) is 12.4 Å². The van der Waals surface area contributed by atoms with Crippen LogP contribution in [0.1, 0.15) is 43.7 Å². The summed E-state index contributed by atoms with van der Waals surface area (Å²) in [6.07, 6.45) is 3.72. The SMILES string of the molecule is CC(=O)N/C(=C/c1ccccc1)C(=O)OCC(=O)N(C)[C@]1(c2ccccc2Cl)CCCCC1=O. The van der Waals surface area contributed by atoms with Crippen molar-refractivity contribution in [3.63, 3.8) is 0 Å². The van der Waals surface area contributed by atoms with Crippen LogP contribution in [0.3, 0.4) is 0 Å². The fourth-order valence-electron chi connectivity index (χ4n) is 4.20. The maximum atomic E-state index is 13.2. The molecule has 1 atom stereocenters. The number of carbonyl (C=O) groups is 4. The van der Waals surface area contributed by atoms with Gasteiger partial charge in [0.2, 0.25) is 5.91 Å². The third kappa shape index (κ3) is 5.54. The number of esters is 1. The Labute approximate surface area is 203 Å². The number of hydrogen-bond acceptors (Lipinski definition) is 5. The molecule has 1 aliphatic carbocycles. The lowest BCUT2D eigenvalue weighted by molar-refractivity contribution is -0.156. The highest BCUT2D eigenvalue weighted by Gasteiger charge is 2.48. The number of benzene rings is 2. The minimum atomic E-state index is -1.22.